The molecule has 1 unspecified atom stereocenters. The van der Waals surface area contributed by atoms with Gasteiger partial charge >= 0.3 is 6.03 Å². The number of hydrogen-bond donors (Lipinski definition) is 2. The Morgan fingerprint density at radius 3 is 2.65 bits per heavy atom. The molecule has 2 rings (SSSR count). The number of aromatic nitrogens is 1. The van der Waals surface area contributed by atoms with Crippen LogP contribution >= 0.6 is 22.9 Å². The molecule has 23 heavy (non-hydrogen) atoms. The highest BCUT2D eigenvalue weighted by Crippen LogP contribution is 2.26. The van der Waals surface area contributed by atoms with Crippen molar-refractivity contribution in [3.63, 3.8) is 0 Å². The van der Waals surface area contributed by atoms with Gasteiger partial charge < -0.3 is 10.6 Å². The normalized spacial score (nSPS) is 12.7. The number of rotatable bonds is 4. The van der Waals surface area contributed by atoms with E-state index in [4.69, 9.17) is 11.6 Å². The molecule has 1 heterocycles. The average Bonchev–Trinajstić information content (AvgIpc) is 2.96. The molecule has 0 aliphatic carbocycles. The van der Waals surface area contributed by atoms with Gasteiger partial charge in [0.1, 0.15) is 5.01 Å². The standard InChI is InChI=1S/C17H22ClN3OS/c1-11(15-21-14(10-23-15)17(2,3)4)20-16(22)19-9-12-7-5-6-8-13(12)18/h5-8,10-11H,9H2,1-4H3,(H2,19,20,22). The SMILES string of the molecule is CC(NC(=O)NCc1ccccc1Cl)c1nc(C(C)(C)C)cs1. The third-order valence-electron chi connectivity index (χ3n) is 3.41. The van der Waals surface area contributed by atoms with Crippen molar-refractivity contribution in [1.82, 2.24) is 15.6 Å². The molecule has 0 spiro atoms. The van der Waals surface area contributed by atoms with Crippen molar-refractivity contribution < 1.29 is 4.79 Å². The van der Waals surface area contributed by atoms with Crippen molar-refractivity contribution in [3.8, 4) is 0 Å². The quantitative estimate of drug-likeness (QED) is 0.842. The van der Waals surface area contributed by atoms with E-state index in [0.29, 0.717) is 11.6 Å². The summed E-state index contributed by atoms with van der Waals surface area (Å²) in [4.78, 5) is 16.6. The number of carbonyl (C=O) groups excluding carboxylic acids is 1. The number of benzene rings is 1. The molecule has 0 aliphatic rings. The lowest BCUT2D eigenvalue weighted by Gasteiger charge is -2.15. The molecule has 0 saturated heterocycles. The van der Waals surface area contributed by atoms with E-state index in [1.54, 1.807) is 11.3 Å². The number of halogens is 1. The molecular formula is C17H22ClN3OS. The first-order valence-corrected chi connectivity index (χ1v) is 8.77. The Morgan fingerprint density at radius 2 is 2.04 bits per heavy atom. The van der Waals surface area contributed by atoms with Gasteiger partial charge in [-0.15, -0.1) is 11.3 Å². The maximum Gasteiger partial charge on any atom is 0.315 e. The van der Waals surface area contributed by atoms with Crippen LogP contribution in [-0.4, -0.2) is 11.0 Å². The number of nitrogens with one attached hydrogen (secondary N) is 2. The average molecular weight is 352 g/mol. The molecule has 2 aromatic rings. The summed E-state index contributed by atoms with van der Waals surface area (Å²) in [6.45, 7) is 8.70. The van der Waals surface area contributed by atoms with Crippen molar-refractivity contribution >= 4 is 29.0 Å². The Bertz CT molecular complexity index is 678. The Morgan fingerprint density at radius 1 is 1.35 bits per heavy atom. The van der Waals surface area contributed by atoms with E-state index in [1.807, 2.05) is 31.2 Å². The number of carbonyl (C=O) groups is 1. The largest absolute Gasteiger partial charge is 0.334 e. The fourth-order valence-electron chi connectivity index (χ4n) is 1.96. The highest BCUT2D eigenvalue weighted by atomic mass is 35.5. The molecule has 2 amide bonds. The smallest absolute Gasteiger partial charge is 0.315 e. The number of urea groups is 1. The summed E-state index contributed by atoms with van der Waals surface area (Å²) in [7, 11) is 0. The van der Waals surface area contributed by atoms with Crippen LogP contribution in [0.25, 0.3) is 0 Å². The highest BCUT2D eigenvalue weighted by molar-refractivity contribution is 7.09. The predicted octanol–water partition coefficient (Wildman–Crippen LogP) is 4.65. The third-order valence-corrected chi connectivity index (χ3v) is 4.80. The summed E-state index contributed by atoms with van der Waals surface area (Å²) >= 11 is 7.64. The second kappa shape index (κ2) is 7.32. The van der Waals surface area contributed by atoms with Gasteiger partial charge in [-0.25, -0.2) is 9.78 Å². The first-order valence-electron chi connectivity index (χ1n) is 7.51. The van der Waals surface area contributed by atoms with E-state index in [9.17, 15) is 4.79 Å². The molecule has 0 saturated carbocycles. The summed E-state index contributed by atoms with van der Waals surface area (Å²) < 4.78 is 0. The van der Waals surface area contributed by atoms with E-state index in [-0.39, 0.29) is 17.5 Å². The van der Waals surface area contributed by atoms with E-state index in [1.165, 1.54) is 0 Å². The van der Waals surface area contributed by atoms with Gasteiger partial charge in [-0.3, -0.25) is 0 Å². The van der Waals surface area contributed by atoms with Gasteiger partial charge in [-0.05, 0) is 18.6 Å². The lowest BCUT2D eigenvalue weighted by atomic mass is 9.93. The van der Waals surface area contributed by atoms with Crippen LogP contribution in [0.3, 0.4) is 0 Å². The van der Waals surface area contributed by atoms with Gasteiger partial charge in [0.2, 0.25) is 0 Å². The minimum Gasteiger partial charge on any atom is -0.334 e. The highest BCUT2D eigenvalue weighted by Gasteiger charge is 2.20. The molecular weight excluding hydrogens is 330 g/mol. The topological polar surface area (TPSA) is 54.0 Å². The van der Waals surface area contributed by atoms with Crippen LogP contribution in [0, 0.1) is 0 Å². The fourth-order valence-corrected chi connectivity index (χ4v) is 3.21. The zero-order chi connectivity index (χ0) is 17.0. The van der Waals surface area contributed by atoms with E-state index in [0.717, 1.165) is 16.3 Å². The van der Waals surface area contributed by atoms with Gasteiger partial charge in [0.05, 0.1) is 11.7 Å². The number of thiazole rings is 1. The molecule has 0 fully saturated rings. The van der Waals surface area contributed by atoms with Crippen molar-refractivity contribution in [2.45, 2.75) is 45.7 Å². The Kier molecular flexibility index (Phi) is 5.65. The molecule has 0 radical (unpaired) electrons. The van der Waals surface area contributed by atoms with Crippen LogP contribution in [0.15, 0.2) is 29.6 Å². The van der Waals surface area contributed by atoms with Gasteiger partial charge in [-0.2, -0.15) is 0 Å². The first kappa shape index (κ1) is 17.8. The van der Waals surface area contributed by atoms with Crippen molar-refractivity contribution in [2.75, 3.05) is 0 Å². The van der Waals surface area contributed by atoms with Gasteiger partial charge in [0.15, 0.2) is 0 Å². The second-order valence-corrected chi connectivity index (χ2v) is 7.76. The minimum atomic E-state index is -0.232. The van der Waals surface area contributed by atoms with E-state index < -0.39 is 0 Å². The van der Waals surface area contributed by atoms with Crippen molar-refractivity contribution in [2.24, 2.45) is 0 Å². The van der Waals surface area contributed by atoms with Crippen molar-refractivity contribution in [1.29, 1.82) is 0 Å². The van der Waals surface area contributed by atoms with E-state index >= 15 is 0 Å². The van der Waals surface area contributed by atoms with Gasteiger partial charge in [-0.1, -0.05) is 50.6 Å². The van der Waals surface area contributed by atoms with Gasteiger partial charge in [0.25, 0.3) is 0 Å². The van der Waals surface area contributed by atoms with Crippen LogP contribution < -0.4 is 10.6 Å². The monoisotopic (exact) mass is 351 g/mol. The lowest BCUT2D eigenvalue weighted by molar-refractivity contribution is 0.237. The van der Waals surface area contributed by atoms with Crippen LogP contribution in [0.5, 0.6) is 0 Å². The molecule has 4 nitrogen and oxygen atoms in total. The third kappa shape index (κ3) is 4.94. The van der Waals surface area contributed by atoms with E-state index in [2.05, 4.69) is 41.8 Å². The predicted molar refractivity (Wildman–Crippen MR) is 96.1 cm³/mol. The first-order chi connectivity index (χ1) is 10.8. The molecule has 0 bridgehead atoms. The Labute approximate surface area is 146 Å². The van der Waals surface area contributed by atoms with Crippen molar-refractivity contribution in [3.05, 3.63) is 50.9 Å². The molecule has 6 heteroatoms. The lowest BCUT2D eigenvalue weighted by Crippen LogP contribution is -2.36. The van der Waals surface area contributed by atoms with Crippen LogP contribution in [0.1, 0.15) is 50.0 Å². The summed E-state index contributed by atoms with van der Waals surface area (Å²) in [5.41, 5.74) is 1.95. The summed E-state index contributed by atoms with van der Waals surface area (Å²) in [6, 6.07) is 7.09. The molecule has 124 valence electrons. The molecule has 2 N–H and O–H groups in total. The Hall–Kier alpha value is -1.59. The maximum absolute atomic E-state index is 12.0. The van der Waals surface area contributed by atoms with Gasteiger partial charge in [0, 0.05) is 22.4 Å². The molecule has 0 aliphatic heterocycles. The van der Waals surface area contributed by atoms with Crippen LogP contribution in [-0.2, 0) is 12.0 Å². The molecule has 1 aromatic heterocycles. The fraction of sp³-hybridized carbons (Fsp3) is 0.412. The summed E-state index contributed by atoms with van der Waals surface area (Å²) in [6.07, 6.45) is 0. The number of amides is 2. The maximum atomic E-state index is 12.0. The molecule has 1 aromatic carbocycles. The minimum absolute atomic E-state index is 0.0147. The zero-order valence-corrected chi connectivity index (χ0v) is 15.4. The number of nitrogens with zero attached hydrogens (tertiary/aromatic N) is 1. The van der Waals surface area contributed by atoms with Crippen LogP contribution in [0.4, 0.5) is 4.79 Å². The summed E-state index contributed by atoms with van der Waals surface area (Å²) in [5.74, 6) is 0. The zero-order valence-electron chi connectivity index (χ0n) is 13.8. The van der Waals surface area contributed by atoms with Crippen LogP contribution in [0.2, 0.25) is 5.02 Å². The molecule has 1 atom stereocenters. The number of hydrogen-bond acceptors (Lipinski definition) is 3. The summed E-state index contributed by atoms with van der Waals surface area (Å²) in [5, 5.41) is 9.33. The Balaban J connectivity index is 1.90. The second-order valence-electron chi connectivity index (χ2n) is 6.46.